The number of benzene rings is 1. The molecule has 0 aliphatic carbocycles. The van der Waals surface area contributed by atoms with Crippen molar-refractivity contribution in [1.29, 1.82) is 0 Å². The van der Waals surface area contributed by atoms with E-state index < -0.39 is 14.0 Å². The third-order valence-corrected chi connectivity index (χ3v) is 4.04. The standard InChI is InChI=1S/C8H7BrClNO4S/c1-2-5-7(16(10,14)15)4-3-6(9)8(5)11(12)13/h3-4H,2H2,1H3. The smallest absolute Gasteiger partial charge is 0.258 e. The average molecular weight is 329 g/mol. The van der Waals surface area contributed by atoms with Crippen LogP contribution < -0.4 is 0 Å². The summed E-state index contributed by atoms with van der Waals surface area (Å²) < 4.78 is 22.7. The van der Waals surface area contributed by atoms with Crippen molar-refractivity contribution in [2.75, 3.05) is 0 Å². The second kappa shape index (κ2) is 4.68. The van der Waals surface area contributed by atoms with Crippen molar-refractivity contribution in [3.63, 3.8) is 0 Å². The van der Waals surface area contributed by atoms with Gasteiger partial charge in [-0.3, -0.25) is 10.1 Å². The first-order valence-electron chi connectivity index (χ1n) is 4.19. The number of nitrogens with zero attached hydrogens (tertiary/aromatic N) is 1. The zero-order chi connectivity index (χ0) is 12.5. The van der Waals surface area contributed by atoms with Gasteiger partial charge in [-0.15, -0.1) is 0 Å². The topological polar surface area (TPSA) is 77.3 Å². The summed E-state index contributed by atoms with van der Waals surface area (Å²) in [4.78, 5) is 9.97. The fourth-order valence-corrected chi connectivity index (χ4v) is 3.07. The highest BCUT2D eigenvalue weighted by Crippen LogP contribution is 2.34. The molecule has 5 nitrogen and oxygen atoms in total. The van der Waals surface area contributed by atoms with E-state index in [-0.39, 0.29) is 27.0 Å². The van der Waals surface area contributed by atoms with E-state index >= 15 is 0 Å². The molecule has 0 spiro atoms. The summed E-state index contributed by atoms with van der Waals surface area (Å²) in [6, 6.07) is 2.55. The Kier molecular flexibility index (Phi) is 3.92. The van der Waals surface area contributed by atoms with Crippen molar-refractivity contribution in [2.24, 2.45) is 0 Å². The molecular formula is C8H7BrClNO4S. The molecule has 0 unspecified atom stereocenters. The molecule has 0 aliphatic rings. The molecule has 0 N–H and O–H groups in total. The third-order valence-electron chi connectivity index (χ3n) is 1.99. The molecule has 0 bridgehead atoms. The van der Waals surface area contributed by atoms with Crippen LogP contribution in [0.5, 0.6) is 0 Å². The summed E-state index contributed by atoms with van der Waals surface area (Å²) in [6.07, 6.45) is 0.205. The Morgan fingerprint density at radius 1 is 1.50 bits per heavy atom. The number of halogens is 2. The predicted octanol–water partition coefficient (Wildman–Crippen LogP) is 2.85. The van der Waals surface area contributed by atoms with E-state index in [0.717, 1.165) is 0 Å². The molecular weight excluding hydrogens is 322 g/mol. The Balaban J connectivity index is 3.69. The van der Waals surface area contributed by atoms with Crippen molar-refractivity contribution in [3.05, 3.63) is 32.3 Å². The van der Waals surface area contributed by atoms with Gasteiger partial charge in [-0.25, -0.2) is 8.42 Å². The Morgan fingerprint density at radius 2 is 2.06 bits per heavy atom. The highest BCUT2D eigenvalue weighted by molar-refractivity contribution is 9.10. The molecule has 0 fully saturated rings. The first-order valence-corrected chi connectivity index (χ1v) is 7.29. The van der Waals surface area contributed by atoms with Crippen LogP contribution >= 0.6 is 26.6 Å². The van der Waals surface area contributed by atoms with Gasteiger partial charge < -0.3 is 0 Å². The Bertz CT molecular complexity index is 543. The quantitative estimate of drug-likeness (QED) is 0.485. The average Bonchev–Trinajstić information content (AvgIpc) is 2.14. The predicted molar refractivity (Wildman–Crippen MR) is 63.2 cm³/mol. The summed E-state index contributed by atoms with van der Waals surface area (Å²) in [5.74, 6) is 0. The normalized spacial score (nSPS) is 11.4. The fraction of sp³-hybridized carbons (Fsp3) is 0.250. The number of nitro benzene ring substituents is 1. The maximum Gasteiger partial charge on any atom is 0.287 e. The van der Waals surface area contributed by atoms with E-state index in [1.165, 1.54) is 12.1 Å². The number of hydrogen-bond acceptors (Lipinski definition) is 4. The maximum absolute atomic E-state index is 11.2. The van der Waals surface area contributed by atoms with Crippen molar-refractivity contribution in [1.82, 2.24) is 0 Å². The molecule has 1 aromatic rings. The second-order valence-corrected chi connectivity index (χ2v) is 6.31. The minimum atomic E-state index is -3.97. The highest BCUT2D eigenvalue weighted by atomic mass is 79.9. The number of hydrogen-bond donors (Lipinski definition) is 0. The molecule has 0 saturated carbocycles. The van der Waals surface area contributed by atoms with Gasteiger partial charge in [-0.05, 0) is 34.5 Å². The summed E-state index contributed by atoms with van der Waals surface area (Å²) in [5.41, 5.74) is -0.154. The zero-order valence-electron chi connectivity index (χ0n) is 8.11. The lowest BCUT2D eigenvalue weighted by Crippen LogP contribution is -2.03. The van der Waals surface area contributed by atoms with Gasteiger partial charge in [0.15, 0.2) is 0 Å². The van der Waals surface area contributed by atoms with E-state index in [4.69, 9.17) is 10.7 Å². The Hall–Kier alpha value is -0.660. The van der Waals surface area contributed by atoms with E-state index in [1.807, 2.05) is 0 Å². The van der Waals surface area contributed by atoms with Crippen LogP contribution in [0, 0.1) is 10.1 Å². The van der Waals surface area contributed by atoms with Crippen LogP contribution in [-0.4, -0.2) is 13.3 Å². The molecule has 1 aromatic carbocycles. The molecule has 16 heavy (non-hydrogen) atoms. The monoisotopic (exact) mass is 327 g/mol. The van der Waals surface area contributed by atoms with Gasteiger partial charge in [0, 0.05) is 10.7 Å². The zero-order valence-corrected chi connectivity index (χ0v) is 11.3. The summed E-state index contributed by atoms with van der Waals surface area (Å²) in [5, 5.41) is 10.8. The van der Waals surface area contributed by atoms with Crippen LogP contribution in [-0.2, 0) is 15.5 Å². The van der Waals surface area contributed by atoms with Gasteiger partial charge in [0.25, 0.3) is 14.7 Å². The van der Waals surface area contributed by atoms with Crippen LogP contribution in [0.2, 0.25) is 0 Å². The lowest BCUT2D eigenvalue weighted by atomic mass is 10.1. The summed E-state index contributed by atoms with van der Waals surface area (Å²) in [7, 11) is 1.23. The van der Waals surface area contributed by atoms with Crippen molar-refractivity contribution >= 4 is 41.4 Å². The Labute approximate surface area is 105 Å². The first kappa shape index (κ1) is 13.4. The van der Waals surface area contributed by atoms with Gasteiger partial charge in [-0.1, -0.05) is 6.92 Å². The van der Waals surface area contributed by atoms with E-state index in [1.54, 1.807) is 6.92 Å². The van der Waals surface area contributed by atoms with Crippen LogP contribution in [0.15, 0.2) is 21.5 Å². The van der Waals surface area contributed by atoms with Gasteiger partial charge in [-0.2, -0.15) is 0 Å². The van der Waals surface area contributed by atoms with Gasteiger partial charge >= 0.3 is 0 Å². The van der Waals surface area contributed by atoms with Crippen molar-refractivity contribution < 1.29 is 13.3 Å². The maximum atomic E-state index is 11.2. The minimum absolute atomic E-state index is 0.106. The molecule has 0 aliphatic heterocycles. The molecule has 0 amide bonds. The number of rotatable bonds is 3. The fourth-order valence-electron chi connectivity index (χ4n) is 1.36. The van der Waals surface area contributed by atoms with Gasteiger partial charge in [0.1, 0.15) is 0 Å². The highest BCUT2D eigenvalue weighted by Gasteiger charge is 2.25. The van der Waals surface area contributed by atoms with E-state index in [9.17, 15) is 18.5 Å². The van der Waals surface area contributed by atoms with Crippen LogP contribution in [0.25, 0.3) is 0 Å². The second-order valence-electron chi connectivity index (χ2n) is 2.92. The van der Waals surface area contributed by atoms with E-state index in [0.29, 0.717) is 0 Å². The summed E-state index contributed by atoms with van der Waals surface area (Å²) >= 11 is 3.01. The van der Waals surface area contributed by atoms with Crippen molar-refractivity contribution in [2.45, 2.75) is 18.2 Å². The summed E-state index contributed by atoms with van der Waals surface area (Å²) in [6.45, 7) is 1.63. The molecule has 1 rings (SSSR count). The van der Waals surface area contributed by atoms with Crippen LogP contribution in [0.1, 0.15) is 12.5 Å². The molecule has 88 valence electrons. The molecule has 0 saturated heterocycles. The van der Waals surface area contributed by atoms with E-state index in [2.05, 4.69) is 15.9 Å². The lowest BCUT2D eigenvalue weighted by molar-refractivity contribution is -0.386. The SMILES string of the molecule is CCc1c(S(=O)(=O)Cl)ccc(Br)c1[N+](=O)[O-]. The largest absolute Gasteiger partial charge is 0.287 e. The van der Waals surface area contributed by atoms with Gasteiger partial charge in [0.2, 0.25) is 0 Å². The number of nitro groups is 1. The molecule has 8 heteroatoms. The molecule has 0 radical (unpaired) electrons. The minimum Gasteiger partial charge on any atom is -0.258 e. The third kappa shape index (κ3) is 2.53. The van der Waals surface area contributed by atoms with Crippen molar-refractivity contribution in [3.8, 4) is 0 Å². The lowest BCUT2D eigenvalue weighted by Gasteiger charge is -2.06. The van der Waals surface area contributed by atoms with Crippen LogP contribution in [0.4, 0.5) is 5.69 Å². The molecule has 0 atom stereocenters. The molecule has 0 aromatic heterocycles. The Morgan fingerprint density at radius 3 is 2.44 bits per heavy atom. The molecule has 0 heterocycles. The van der Waals surface area contributed by atoms with Gasteiger partial charge in [0.05, 0.1) is 19.9 Å². The first-order chi connectivity index (χ1) is 7.29. The van der Waals surface area contributed by atoms with Crippen LogP contribution in [0.3, 0.4) is 0 Å².